The van der Waals surface area contributed by atoms with Crippen molar-refractivity contribution in [2.45, 2.75) is 39.3 Å². The molecule has 0 saturated carbocycles. The molecule has 2 heterocycles. The molecule has 126 valence electrons. The van der Waals surface area contributed by atoms with Gasteiger partial charge in [-0.05, 0) is 25.0 Å². The van der Waals surface area contributed by atoms with Crippen LogP contribution in [0.25, 0.3) is 5.65 Å². The quantitative estimate of drug-likeness (QED) is 0.883. The highest BCUT2D eigenvalue weighted by Crippen LogP contribution is 2.29. The van der Waals surface area contributed by atoms with Gasteiger partial charge in [-0.1, -0.05) is 13.8 Å². The highest BCUT2D eigenvalue weighted by atomic mass is 19.4. The molecular formula is C16H20F3N3O. The van der Waals surface area contributed by atoms with Gasteiger partial charge in [0.25, 0.3) is 0 Å². The van der Waals surface area contributed by atoms with Crippen LogP contribution >= 0.6 is 0 Å². The number of nitrogens with one attached hydrogen (secondary N) is 1. The van der Waals surface area contributed by atoms with Gasteiger partial charge in [0.1, 0.15) is 5.65 Å². The fourth-order valence-electron chi connectivity index (χ4n) is 2.45. The van der Waals surface area contributed by atoms with E-state index in [1.807, 2.05) is 13.8 Å². The van der Waals surface area contributed by atoms with E-state index in [0.717, 1.165) is 25.1 Å². The molecule has 7 heteroatoms. The number of aromatic nitrogens is 2. The summed E-state index contributed by atoms with van der Waals surface area (Å²) in [5.74, 6) is 0.0172. The Balaban J connectivity index is 2.00. The van der Waals surface area contributed by atoms with Gasteiger partial charge < -0.3 is 9.72 Å². The average Bonchev–Trinajstić information content (AvgIpc) is 2.89. The SMILES string of the molecule is CCC(CC)C(=O)NCCc1cn2cc(C(F)(F)F)ccc2n1. The predicted molar refractivity (Wildman–Crippen MR) is 81.0 cm³/mol. The second-order valence-corrected chi connectivity index (χ2v) is 5.47. The maximum atomic E-state index is 12.7. The van der Waals surface area contributed by atoms with Crippen molar-refractivity contribution in [1.29, 1.82) is 0 Å². The minimum Gasteiger partial charge on any atom is -0.355 e. The fourth-order valence-corrected chi connectivity index (χ4v) is 2.45. The van der Waals surface area contributed by atoms with Crippen LogP contribution < -0.4 is 5.32 Å². The van der Waals surface area contributed by atoms with E-state index in [4.69, 9.17) is 0 Å². The summed E-state index contributed by atoms with van der Waals surface area (Å²) < 4.78 is 39.4. The molecule has 0 atom stereocenters. The van der Waals surface area contributed by atoms with Crippen molar-refractivity contribution in [3.63, 3.8) is 0 Å². The summed E-state index contributed by atoms with van der Waals surface area (Å²) in [7, 11) is 0. The molecule has 0 fully saturated rings. The lowest BCUT2D eigenvalue weighted by atomic mass is 10.0. The number of rotatable bonds is 6. The zero-order valence-corrected chi connectivity index (χ0v) is 13.2. The van der Waals surface area contributed by atoms with Crippen LogP contribution in [0.4, 0.5) is 13.2 Å². The number of hydrogen-bond donors (Lipinski definition) is 1. The van der Waals surface area contributed by atoms with E-state index < -0.39 is 11.7 Å². The average molecular weight is 327 g/mol. The molecule has 0 radical (unpaired) electrons. The summed E-state index contributed by atoms with van der Waals surface area (Å²) in [6.07, 6.45) is 0.271. The first-order valence-corrected chi connectivity index (χ1v) is 7.67. The number of fused-ring (bicyclic) bond motifs is 1. The number of carbonyl (C=O) groups excluding carboxylic acids is 1. The lowest BCUT2D eigenvalue weighted by Crippen LogP contribution is -2.31. The molecule has 0 bridgehead atoms. The predicted octanol–water partition coefficient (Wildman–Crippen LogP) is 3.45. The van der Waals surface area contributed by atoms with Crippen LogP contribution in [0.5, 0.6) is 0 Å². The van der Waals surface area contributed by atoms with E-state index in [2.05, 4.69) is 10.3 Å². The third-order valence-corrected chi connectivity index (χ3v) is 3.87. The fraction of sp³-hybridized carbons (Fsp3) is 0.500. The van der Waals surface area contributed by atoms with Crippen LogP contribution in [0.3, 0.4) is 0 Å². The number of hydrogen-bond acceptors (Lipinski definition) is 2. The summed E-state index contributed by atoms with van der Waals surface area (Å²) in [5.41, 5.74) is 0.393. The number of halogens is 3. The van der Waals surface area contributed by atoms with Crippen LogP contribution in [0.1, 0.15) is 37.9 Å². The molecule has 4 nitrogen and oxygen atoms in total. The van der Waals surface area contributed by atoms with E-state index in [0.29, 0.717) is 24.3 Å². The van der Waals surface area contributed by atoms with Crippen molar-refractivity contribution >= 4 is 11.6 Å². The van der Waals surface area contributed by atoms with Gasteiger partial charge in [-0.15, -0.1) is 0 Å². The Hall–Kier alpha value is -2.05. The van der Waals surface area contributed by atoms with Gasteiger partial charge >= 0.3 is 6.18 Å². The minimum atomic E-state index is -4.37. The van der Waals surface area contributed by atoms with Crippen molar-refractivity contribution in [2.24, 2.45) is 5.92 Å². The summed E-state index contributed by atoms with van der Waals surface area (Å²) in [6, 6.07) is 2.36. The zero-order valence-electron chi connectivity index (χ0n) is 13.2. The number of alkyl halides is 3. The first kappa shape index (κ1) is 17.3. The van der Waals surface area contributed by atoms with Gasteiger partial charge in [-0.25, -0.2) is 4.98 Å². The molecule has 2 aromatic rings. The van der Waals surface area contributed by atoms with Crippen LogP contribution in [-0.2, 0) is 17.4 Å². The topological polar surface area (TPSA) is 46.4 Å². The number of amides is 1. The molecule has 0 unspecified atom stereocenters. The smallest absolute Gasteiger partial charge is 0.355 e. The molecule has 0 aliphatic rings. The van der Waals surface area contributed by atoms with Crippen LogP contribution in [0, 0.1) is 5.92 Å². The van der Waals surface area contributed by atoms with E-state index in [1.54, 1.807) is 6.20 Å². The molecule has 1 amide bonds. The van der Waals surface area contributed by atoms with Crippen molar-refractivity contribution in [3.05, 3.63) is 35.8 Å². The van der Waals surface area contributed by atoms with E-state index in [9.17, 15) is 18.0 Å². The normalized spacial score (nSPS) is 12.1. The first-order chi connectivity index (χ1) is 10.8. The maximum absolute atomic E-state index is 12.7. The number of pyridine rings is 1. The largest absolute Gasteiger partial charge is 0.417 e. The van der Waals surface area contributed by atoms with Crippen molar-refractivity contribution in [2.75, 3.05) is 6.54 Å². The number of nitrogens with zero attached hydrogens (tertiary/aromatic N) is 2. The molecule has 23 heavy (non-hydrogen) atoms. The summed E-state index contributed by atoms with van der Waals surface area (Å²) in [4.78, 5) is 16.1. The van der Waals surface area contributed by atoms with E-state index in [-0.39, 0.29) is 11.8 Å². The molecule has 1 N–H and O–H groups in total. The second-order valence-electron chi connectivity index (χ2n) is 5.47. The lowest BCUT2D eigenvalue weighted by Gasteiger charge is -2.11. The maximum Gasteiger partial charge on any atom is 0.417 e. The highest BCUT2D eigenvalue weighted by Gasteiger charge is 2.30. The monoisotopic (exact) mass is 327 g/mol. The van der Waals surface area contributed by atoms with Gasteiger partial charge in [-0.2, -0.15) is 13.2 Å². The first-order valence-electron chi connectivity index (χ1n) is 7.67. The molecule has 0 aliphatic carbocycles. The van der Waals surface area contributed by atoms with Crippen molar-refractivity contribution < 1.29 is 18.0 Å². The molecule has 0 spiro atoms. The van der Waals surface area contributed by atoms with Crippen molar-refractivity contribution in [3.8, 4) is 0 Å². The third-order valence-electron chi connectivity index (χ3n) is 3.87. The van der Waals surface area contributed by atoms with Crippen molar-refractivity contribution in [1.82, 2.24) is 14.7 Å². The Labute approximate surface area is 132 Å². The Morgan fingerprint density at radius 3 is 2.57 bits per heavy atom. The van der Waals surface area contributed by atoms with Gasteiger partial charge in [0.05, 0.1) is 11.3 Å². The molecule has 0 aromatic carbocycles. The summed E-state index contributed by atoms with van der Waals surface area (Å²) in [5, 5.41) is 2.84. The van der Waals surface area contributed by atoms with Gasteiger partial charge in [-0.3, -0.25) is 4.79 Å². The van der Waals surface area contributed by atoms with Crippen LogP contribution in [-0.4, -0.2) is 21.8 Å². The molecule has 2 rings (SSSR count). The van der Waals surface area contributed by atoms with Gasteiger partial charge in [0.15, 0.2) is 0 Å². The Morgan fingerprint density at radius 2 is 1.96 bits per heavy atom. The van der Waals surface area contributed by atoms with Crippen LogP contribution in [0.15, 0.2) is 24.5 Å². The van der Waals surface area contributed by atoms with E-state index in [1.165, 1.54) is 10.5 Å². The summed E-state index contributed by atoms with van der Waals surface area (Å²) in [6.45, 7) is 4.35. The highest BCUT2D eigenvalue weighted by molar-refractivity contribution is 5.78. The second kappa shape index (κ2) is 7.02. The Bertz CT molecular complexity index is 675. The molecular weight excluding hydrogens is 307 g/mol. The summed E-state index contributed by atoms with van der Waals surface area (Å²) >= 11 is 0. The molecule has 0 aliphatic heterocycles. The standard InChI is InChI=1S/C16H20F3N3O/c1-3-11(4-2)15(23)20-8-7-13-10-22-9-12(16(17,18)19)5-6-14(22)21-13/h5-6,9-11H,3-4,7-8H2,1-2H3,(H,20,23). The minimum absolute atomic E-state index is 0.00501. The Morgan fingerprint density at radius 1 is 1.26 bits per heavy atom. The zero-order chi connectivity index (χ0) is 17.0. The van der Waals surface area contributed by atoms with Crippen LogP contribution in [0.2, 0.25) is 0 Å². The third kappa shape index (κ3) is 4.24. The number of carbonyl (C=O) groups is 1. The lowest BCUT2D eigenvalue weighted by molar-refractivity contribution is -0.137. The molecule has 2 aromatic heterocycles. The van der Waals surface area contributed by atoms with Gasteiger partial charge in [0, 0.05) is 31.3 Å². The van der Waals surface area contributed by atoms with Gasteiger partial charge in [0.2, 0.25) is 5.91 Å². The van der Waals surface area contributed by atoms with E-state index >= 15 is 0 Å². The number of imidazole rings is 1. The molecule has 0 saturated heterocycles. The Kier molecular flexibility index (Phi) is 5.28.